The number of amides is 2. The van der Waals surface area contributed by atoms with Crippen molar-refractivity contribution in [3.63, 3.8) is 0 Å². The topological polar surface area (TPSA) is 150 Å². The Morgan fingerprint density at radius 2 is 1.08 bits per heavy atom. The lowest BCUT2D eigenvalue weighted by Gasteiger charge is -2.30. The number of aromatic nitrogens is 1. The van der Waals surface area contributed by atoms with E-state index in [0.29, 0.717) is 96.1 Å². The van der Waals surface area contributed by atoms with Crippen LogP contribution in [0.4, 0.5) is 15.4 Å². The van der Waals surface area contributed by atoms with Crippen LogP contribution in [0.1, 0.15) is 59.6 Å². The van der Waals surface area contributed by atoms with Crippen LogP contribution in [-0.2, 0) is 41.4 Å². The summed E-state index contributed by atoms with van der Waals surface area (Å²) >= 11 is 0. The van der Waals surface area contributed by atoms with Crippen molar-refractivity contribution < 1.29 is 47.5 Å². The Labute approximate surface area is 349 Å². The number of hydrogen-bond acceptors (Lipinski definition) is 12. The number of nitrogens with zero attached hydrogens (tertiary/aromatic N) is 2. The molecule has 320 valence electrons. The molecule has 0 saturated heterocycles. The average molecular weight is 816 g/mol. The first kappa shape index (κ1) is 46.6. The summed E-state index contributed by atoms with van der Waals surface area (Å²) in [7, 11) is 0. The van der Waals surface area contributed by atoms with Crippen LogP contribution in [0.15, 0.2) is 85.1 Å². The molecule has 0 aliphatic heterocycles. The predicted octanol–water partition coefficient (Wildman–Crippen LogP) is 8.64. The summed E-state index contributed by atoms with van der Waals surface area (Å²) in [5, 5.41) is 0. The van der Waals surface area contributed by atoms with Crippen molar-refractivity contribution in [2.45, 2.75) is 72.7 Å². The molecule has 0 radical (unpaired) electrons. The van der Waals surface area contributed by atoms with Crippen molar-refractivity contribution >= 4 is 18.0 Å². The minimum absolute atomic E-state index is 0.0925. The van der Waals surface area contributed by atoms with Crippen LogP contribution in [0.5, 0.6) is 11.5 Å². The highest BCUT2D eigenvalue weighted by molar-refractivity contribution is 6.11. The molecule has 0 saturated carbocycles. The number of imide groups is 1. The first-order valence-corrected chi connectivity index (χ1v) is 20.1. The van der Waals surface area contributed by atoms with Crippen LogP contribution in [0.25, 0.3) is 22.3 Å². The lowest BCUT2D eigenvalue weighted by Crippen LogP contribution is -2.44. The molecule has 0 unspecified atom stereocenters. The largest absolute Gasteiger partial charge is 0.491 e. The van der Waals surface area contributed by atoms with Gasteiger partial charge in [-0.25, -0.2) is 14.6 Å². The summed E-state index contributed by atoms with van der Waals surface area (Å²) in [6, 6.07) is 25.1. The van der Waals surface area contributed by atoms with E-state index in [1.165, 1.54) is 0 Å². The van der Waals surface area contributed by atoms with Gasteiger partial charge in [-0.05, 0) is 94.5 Å². The van der Waals surface area contributed by atoms with Gasteiger partial charge in [0.15, 0.2) is 5.82 Å². The third-order valence-corrected chi connectivity index (χ3v) is 8.32. The number of rotatable bonds is 22. The Morgan fingerprint density at radius 1 is 0.610 bits per heavy atom. The number of hydrogen-bond donors (Lipinski definition) is 1. The fourth-order valence-corrected chi connectivity index (χ4v) is 5.74. The quantitative estimate of drug-likeness (QED) is 0.0757. The highest BCUT2D eigenvalue weighted by Gasteiger charge is 2.36. The van der Waals surface area contributed by atoms with E-state index in [4.69, 9.17) is 48.6 Å². The molecule has 4 aromatic rings. The van der Waals surface area contributed by atoms with E-state index in [-0.39, 0.29) is 5.82 Å². The third kappa shape index (κ3) is 15.9. The highest BCUT2D eigenvalue weighted by atomic mass is 16.6. The molecule has 2 N–H and O–H groups in total. The second-order valence-corrected chi connectivity index (χ2v) is 15.4. The fourth-order valence-electron chi connectivity index (χ4n) is 5.74. The third-order valence-electron chi connectivity index (χ3n) is 8.32. The molecular formula is C46H61N3O10. The molecule has 0 atom stereocenters. The molecule has 13 heteroatoms. The van der Waals surface area contributed by atoms with Crippen LogP contribution >= 0.6 is 0 Å². The fraction of sp³-hybridized carbons (Fsp3) is 0.457. The van der Waals surface area contributed by atoms with E-state index in [0.717, 1.165) is 32.7 Å². The van der Waals surface area contributed by atoms with Gasteiger partial charge in [0, 0.05) is 23.9 Å². The van der Waals surface area contributed by atoms with Crippen LogP contribution < -0.4 is 20.1 Å². The van der Waals surface area contributed by atoms with E-state index in [1.807, 2.05) is 85.8 Å². The number of anilines is 1. The second kappa shape index (κ2) is 23.5. The Balaban J connectivity index is 1.53. The zero-order valence-electron chi connectivity index (χ0n) is 35.6. The first-order chi connectivity index (χ1) is 28.3. The lowest BCUT2D eigenvalue weighted by atomic mass is 9.91. The van der Waals surface area contributed by atoms with E-state index >= 15 is 0 Å². The number of benzene rings is 3. The first-order valence-electron chi connectivity index (χ1n) is 20.1. The van der Waals surface area contributed by atoms with Gasteiger partial charge in [-0.2, -0.15) is 4.90 Å². The maximum Gasteiger partial charge on any atom is 0.425 e. The van der Waals surface area contributed by atoms with Gasteiger partial charge in [0.2, 0.25) is 0 Å². The highest BCUT2D eigenvalue weighted by Crippen LogP contribution is 2.40. The maximum absolute atomic E-state index is 13.9. The summed E-state index contributed by atoms with van der Waals surface area (Å²) in [4.78, 5) is 33.5. The van der Waals surface area contributed by atoms with Crippen LogP contribution in [-0.4, -0.2) is 94.4 Å². The molecule has 0 aliphatic carbocycles. The molecule has 1 aromatic heterocycles. The lowest BCUT2D eigenvalue weighted by molar-refractivity contribution is -0.00386. The smallest absolute Gasteiger partial charge is 0.425 e. The Morgan fingerprint density at radius 3 is 1.58 bits per heavy atom. The van der Waals surface area contributed by atoms with Gasteiger partial charge in [-0.3, -0.25) is 0 Å². The van der Waals surface area contributed by atoms with Gasteiger partial charge in [-0.1, -0.05) is 61.5 Å². The van der Waals surface area contributed by atoms with Crippen molar-refractivity contribution in [3.8, 4) is 33.8 Å². The van der Waals surface area contributed by atoms with Crippen molar-refractivity contribution in [2.75, 3.05) is 70.9 Å². The predicted molar refractivity (Wildman–Crippen MR) is 228 cm³/mol. The normalized spacial score (nSPS) is 11.6. The zero-order chi connectivity index (χ0) is 42.7. The minimum atomic E-state index is -0.901. The molecule has 1 heterocycles. The molecule has 2 amide bonds. The van der Waals surface area contributed by atoms with Crippen LogP contribution in [0, 0.1) is 0 Å². The van der Waals surface area contributed by atoms with E-state index in [1.54, 1.807) is 47.7 Å². The molecular weight excluding hydrogens is 755 g/mol. The van der Waals surface area contributed by atoms with Gasteiger partial charge < -0.3 is 43.6 Å². The van der Waals surface area contributed by atoms with Gasteiger partial charge in [0.05, 0.1) is 52.9 Å². The Kier molecular flexibility index (Phi) is 18.6. The second-order valence-electron chi connectivity index (χ2n) is 15.4. The number of carbonyl (C=O) groups is 2. The van der Waals surface area contributed by atoms with E-state index in [9.17, 15) is 9.59 Å². The number of nitrogens with two attached hydrogens (primary N) is 1. The number of pyridine rings is 1. The Hall–Kier alpha value is -5.05. The summed E-state index contributed by atoms with van der Waals surface area (Å²) in [6.07, 6.45) is 0.412. The Bertz CT molecular complexity index is 1830. The van der Waals surface area contributed by atoms with E-state index in [2.05, 4.69) is 0 Å². The molecule has 3 aromatic carbocycles. The molecule has 59 heavy (non-hydrogen) atoms. The van der Waals surface area contributed by atoms with Crippen molar-refractivity contribution in [1.82, 2.24) is 4.98 Å². The SMILES string of the molecule is CCc1c(-c2ccc(OCCOCCOCCOCCOCCN)cc2)cnc(N(C(=O)OC(C)(C)C)C(=O)OC(C)(C)C)c1-c1ccc(OCc2ccccc2)cc1. The summed E-state index contributed by atoms with van der Waals surface area (Å²) < 4.78 is 45.4. The van der Waals surface area contributed by atoms with E-state index < -0.39 is 23.4 Å². The molecule has 0 bridgehead atoms. The van der Waals surface area contributed by atoms with Gasteiger partial charge in [0.25, 0.3) is 0 Å². The average Bonchev–Trinajstić information content (AvgIpc) is 3.19. The molecule has 0 aliphatic rings. The van der Waals surface area contributed by atoms with Gasteiger partial charge >= 0.3 is 12.2 Å². The number of carbonyl (C=O) groups excluding carboxylic acids is 2. The van der Waals surface area contributed by atoms with Crippen LogP contribution in [0.3, 0.4) is 0 Å². The van der Waals surface area contributed by atoms with Crippen molar-refractivity contribution in [2.24, 2.45) is 5.73 Å². The minimum Gasteiger partial charge on any atom is -0.491 e. The molecule has 13 nitrogen and oxygen atoms in total. The maximum atomic E-state index is 13.9. The van der Waals surface area contributed by atoms with Gasteiger partial charge in [-0.15, -0.1) is 0 Å². The summed E-state index contributed by atoms with van der Waals surface area (Å²) in [5.41, 5.74) is 8.49. The summed E-state index contributed by atoms with van der Waals surface area (Å²) in [6.45, 7) is 17.5. The van der Waals surface area contributed by atoms with Crippen molar-refractivity contribution in [1.29, 1.82) is 0 Å². The molecule has 0 spiro atoms. The molecule has 0 fully saturated rings. The van der Waals surface area contributed by atoms with Crippen molar-refractivity contribution in [3.05, 3.63) is 96.2 Å². The van der Waals surface area contributed by atoms with Crippen LogP contribution in [0.2, 0.25) is 0 Å². The van der Waals surface area contributed by atoms with Gasteiger partial charge in [0.1, 0.15) is 35.9 Å². The molecule has 4 rings (SSSR count). The monoisotopic (exact) mass is 815 g/mol. The standard InChI is InChI=1S/C46H61N3O10/c1-8-39-40(35-14-18-37(19-15-35)56-31-30-55-29-28-54-27-26-53-25-24-52-23-22-47)32-48-42(49(43(50)58-45(2,3)4)44(51)59-46(5,6)7)41(39)36-16-20-38(21-17-36)57-33-34-12-10-9-11-13-34/h9-21,32H,8,22-31,33,47H2,1-7H3. The zero-order valence-corrected chi connectivity index (χ0v) is 35.6. The summed E-state index contributed by atoms with van der Waals surface area (Å²) in [5.74, 6) is 1.43. The number of ether oxygens (including phenoxy) is 8.